The maximum absolute atomic E-state index is 13.1. The molecule has 4 heteroatoms. The highest BCUT2D eigenvalue weighted by Crippen LogP contribution is 2.28. The van der Waals surface area contributed by atoms with E-state index in [1.54, 1.807) is 18.3 Å². The summed E-state index contributed by atoms with van der Waals surface area (Å²) >= 11 is 0. The zero-order valence-corrected chi connectivity index (χ0v) is 11.4. The standard InChI is InChI=1S/C16H17FN2O/c1-11-4-5-18-8-13(11)9-19-10-15-7-12-6-14(17)2-3-16(12)20-15/h2-6,8,15,19H,7,9-10H2,1H3. The Bertz CT molecular complexity index is 615. The van der Waals surface area contributed by atoms with Crippen LogP contribution in [0.3, 0.4) is 0 Å². The molecule has 20 heavy (non-hydrogen) atoms. The van der Waals surface area contributed by atoms with Gasteiger partial charge in [-0.25, -0.2) is 4.39 Å². The van der Waals surface area contributed by atoms with Crippen LogP contribution in [0.15, 0.2) is 36.7 Å². The molecule has 104 valence electrons. The maximum atomic E-state index is 13.1. The monoisotopic (exact) mass is 272 g/mol. The van der Waals surface area contributed by atoms with E-state index in [0.29, 0.717) is 0 Å². The van der Waals surface area contributed by atoms with E-state index in [0.717, 1.165) is 30.8 Å². The van der Waals surface area contributed by atoms with Crippen molar-refractivity contribution in [1.82, 2.24) is 10.3 Å². The summed E-state index contributed by atoms with van der Waals surface area (Å²) in [7, 11) is 0. The van der Waals surface area contributed by atoms with Crippen LogP contribution < -0.4 is 10.1 Å². The fraction of sp³-hybridized carbons (Fsp3) is 0.312. The Morgan fingerprint density at radius 3 is 3.15 bits per heavy atom. The van der Waals surface area contributed by atoms with E-state index in [1.807, 2.05) is 12.3 Å². The van der Waals surface area contributed by atoms with Crippen LogP contribution in [0, 0.1) is 12.7 Å². The maximum Gasteiger partial charge on any atom is 0.123 e. The number of hydrogen-bond acceptors (Lipinski definition) is 3. The number of nitrogens with one attached hydrogen (secondary N) is 1. The number of aromatic nitrogens is 1. The van der Waals surface area contributed by atoms with Crippen LogP contribution in [0.4, 0.5) is 4.39 Å². The molecule has 1 aliphatic rings. The zero-order valence-electron chi connectivity index (χ0n) is 11.4. The molecule has 2 heterocycles. The lowest BCUT2D eigenvalue weighted by molar-refractivity contribution is 0.227. The molecule has 1 aromatic heterocycles. The SMILES string of the molecule is Cc1ccncc1CNCC1Cc2cc(F)ccc2O1. The van der Waals surface area contributed by atoms with Crippen molar-refractivity contribution in [3.63, 3.8) is 0 Å². The van der Waals surface area contributed by atoms with E-state index in [9.17, 15) is 4.39 Å². The van der Waals surface area contributed by atoms with Gasteiger partial charge in [0.2, 0.25) is 0 Å². The molecule has 0 spiro atoms. The Morgan fingerprint density at radius 2 is 2.30 bits per heavy atom. The van der Waals surface area contributed by atoms with Gasteiger partial charge in [-0.2, -0.15) is 0 Å². The summed E-state index contributed by atoms with van der Waals surface area (Å²) in [5.41, 5.74) is 3.37. The van der Waals surface area contributed by atoms with Gasteiger partial charge in [-0.05, 0) is 42.3 Å². The van der Waals surface area contributed by atoms with Crippen molar-refractivity contribution in [3.8, 4) is 5.75 Å². The molecule has 0 radical (unpaired) electrons. The summed E-state index contributed by atoms with van der Waals surface area (Å²) in [4.78, 5) is 4.13. The third kappa shape index (κ3) is 2.80. The number of ether oxygens (including phenoxy) is 1. The van der Waals surface area contributed by atoms with Crippen LogP contribution in [-0.4, -0.2) is 17.6 Å². The van der Waals surface area contributed by atoms with Crippen molar-refractivity contribution in [2.24, 2.45) is 0 Å². The Morgan fingerprint density at radius 1 is 1.40 bits per heavy atom. The van der Waals surface area contributed by atoms with Crippen molar-refractivity contribution >= 4 is 0 Å². The van der Waals surface area contributed by atoms with Gasteiger partial charge in [0, 0.05) is 37.5 Å². The summed E-state index contributed by atoms with van der Waals surface area (Å²) in [5.74, 6) is 0.600. The minimum atomic E-state index is -0.202. The average molecular weight is 272 g/mol. The number of fused-ring (bicyclic) bond motifs is 1. The number of nitrogens with zero attached hydrogens (tertiary/aromatic N) is 1. The summed E-state index contributed by atoms with van der Waals surface area (Å²) in [6.07, 6.45) is 4.50. The molecule has 1 aromatic carbocycles. The normalized spacial score (nSPS) is 16.8. The minimum absolute atomic E-state index is 0.0729. The largest absolute Gasteiger partial charge is 0.488 e. The minimum Gasteiger partial charge on any atom is -0.488 e. The Hall–Kier alpha value is -1.94. The van der Waals surface area contributed by atoms with E-state index in [-0.39, 0.29) is 11.9 Å². The summed E-state index contributed by atoms with van der Waals surface area (Å²) < 4.78 is 18.9. The van der Waals surface area contributed by atoms with Crippen LogP contribution in [0.2, 0.25) is 0 Å². The number of halogens is 1. The van der Waals surface area contributed by atoms with Gasteiger partial charge in [0.05, 0.1) is 0 Å². The molecule has 3 nitrogen and oxygen atoms in total. The first-order valence-electron chi connectivity index (χ1n) is 6.77. The fourth-order valence-corrected chi connectivity index (χ4v) is 2.45. The third-order valence-corrected chi connectivity index (χ3v) is 3.60. The second-order valence-corrected chi connectivity index (χ2v) is 5.13. The lowest BCUT2D eigenvalue weighted by Crippen LogP contribution is -2.29. The highest BCUT2D eigenvalue weighted by Gasteiger charge is 2.22. The molecule has 3 rings (SSSR count). The Labute approximate surface area is 117 Å². The van der Waals surface area contributed by atoms with Gasteiger partial charge in [0.25, 0.3) is 0 Å². The molecular formula is C16H17FN2O. The smallest absolute Gasteiger partial charge is 0.123 e. The van der Waals surface area contributed by atoms with Gasteiger partial charge >= 0.3 is 0 Å². The van der Waals surface area contributed by atoms with Crippen molar-refractivity contribution in [3.05, 3.63) is 59.2 Å². The van der Waals surface area contributed by atoms with Gasteiger partial charge in [-0.1, -0.05) is 0 Å². The molecule has 0 saturated heterocycles. The van der Waals surface area contributed by atoms with E-state index >= 15 is 0 Å². The Kier molecular flexibility index (Phi) is 3.65. The van der Waals surface area contributed by atoms with E-state index in [1.165, 1.54) is 17.2 Å². The van der Waals surface area contributed by atoms with Gasteiger partial charge in [-0.3, -0.25) is 4.98 Å². The van der Waals surface area contributed by atoms with Gasteiger partial charge in [0.15, 0.2) is 0 Å². The lowest BCUT2D eigenvalue weighted by atomic mass is 10.1. The number of rotatable bonds is 4. The van der Waals surface area contributed by atoms with E-state index in [2.05, 4.69) is 17.2 Å². The number of aryl methyl sites for hydroxylation is 1. The van der Waals surface area contributed by atoms with Crippen molar-refractivity contribution in [2.75, 3.05) is 6.54 Å². The van der Waals surface area contributed by atoms with Crippen LogP contribution in [0.1, 0.15) is 16.7 Å². The first-order chi connectivity index (χ1) is 9.72. The molecule has 0 amide bonds. The predicted molar refractivity (Wildman–Crippen MR) is 75.2 cm³/mol. The Balaban J connectivity index is 1.53. The van der Waals surface area contributed by atoms with Gasteiger partial charge < -0.3 is 10.1 Å². The summed E-state index contributed by atoms with van der Waals surface area (Å²) in [5, 5.41) is 3.38. The number of hydrogen-bond donors (Lipinski definition) is 1. The van der Waals surface area contributed by atoms with Crippen LogP contribution in [-0.2, 0) is 13.0 Å². The quantitative estimate of drug-likeness (QED) is 0.929. The second kappa shape index (κ2) is 5.59. The van der Waals surface area contributed by atoms with Gasteiger partial charge in [0.1, 0.15) is 17.7 Å². The summed E-state index contributed by atoms with van der Waals surface area (Å²) in [6, 6.07) is 6.70. The van der Waals surface area contributed by atoms with E-state index < -0.39 is 0 Å². The van der Waals surface area contributed by atoms with Gasteiger partial charge in [-0.15, -0.1) is 0 Å². The molecule has 0 saturated carbocycles. The molecule has 0 fully saturated rings. The first-order valence-corrected chi connectivity index (χ1v) is 6.77. The topological polar surface area (TPSA) is 34.2 Å². The molecule has 0 bridgehead atoms. The molecule has 2 aromatic rings. The first kappa shape index (κ1) is 13.1. The molecule has 1 N–H and O–H groups in total. The number of pyridine rings is 1. The molecule has 1 aliphatic heterocycles. The highest BCUT2D eigenvalue weighted by atomic mass is 19.1. The third-order valence-electron chi connectivity index (χ3n) is 3.60. The lowest BCUT2D eigenvalue weighted by Gasteiger charge is -2.12. The highest BCUT2D eigenvalue weighted by molar-refractivity contribution is 5.38. The van der Waals surface area contributed by atoms with Crippen LogP contribution in [0.5, 0.6) is 5.75 Å². The molecule has 1 atom stereocenters. The predicted octanol–water partition coefficient (Wildman–Crippen LogP) is 2.62. The molecule has 0 aliphatic carbocycles. The van der Waals surface area contributed by atoms with E-state index in [4.69, 9.17) is 4.74 Å². The van der Waals surface area contributed by atoms with Crippen LogP contribution in [0.25, 0.3) is 0 Å². The molecular weight excluding hydrogens is 255 g/mol. The second-order valence-electron chi connectivity index (χ2n) is 5.13. The van der Waals surface area contributed by atoms with Crippen molar-refractivity contribution < 1.29 is 9.13 Å². The zero-order chi connectivity index (χ0) is 13.9. The molecule has 1 unspecified atom stereocenters. The number of benzene rings is 1. The fourth-order valence-electron chi connectivity index (χ4n) is 2.45. The van der Waals surface area contributed by atoms with Crippen LogP contribution >= 0.6 is 0 Å². The summed E-state index contributed by atoms with van der Waals surface area (Å²) in [6.45, 7) is 3.58. The average Bonchev–Trinajstić information content (AvgIpc) is 2.83. The van der Waals surface area contributed by atoms with Crippen molar-refractivity contribution in [2.45, 2.75) is 26.0 Å². The van der Waals surface area contributed by atoms with Crippen molar-refractivity contribution in [1.29, 1.82) is 0 Å².